The topological polar surface area (TPSA) is 44.3 Å². The Morgan fingerprint density at radius 2 is 1.50 bits per heavy atom. The molecule has 0 amide bonds. The molecule has 3 fully saturated rings. The fourth-order valence-electron chi connectivity index (χ4n) is 6.82. The van der Waals surface area contributed by atoms with Gasteiger partial charge in [-0.1, -0.05) is 48.4 Å². The summed E-state index contributed by atoms with van der Waals surface area (Å²) in [5, 5.41) is 3.46. The van der Waals surface area contributed by atoms with Crippen molar-refractivity contribution >= 4 is 11.6 Å². The minimum Gasteiger partial charge on any atom is -0.365 e. The fraction of sp³-hybridized carbons (Fsp3) is 0.484. The Morgan fingerprint density at radius 1 is 0.806 bits per heavy atom. The van der Waals surface area contributed by atoms with E-state index in [2.05, 4.69) is 76.8 Å². The van der Waals surface area contributed by atoms with E-state index in [1.54, 1.807) is 0 Å². The molecule has 7 rings (SSSR count). The molecule has 1 aromatic heterocycles. The van der Waals surface area contributed by atoms with Gasteiger partial charge in [0.25, 0.3) is 0 Å². The molecule has 1 aliphatic carbocycles. The third-order valence-electron chi connectivity index (χ3n) is 9.64. The van der Waals surface area contributed by atoms with E-state index in [-0.39, 0.29) is 5.41 Å². The van der Waals surface area contributed by atoms with Crippen molar-refractivity contribution in [1.29, 1.82) is 0 Å². The first-order valence-electron chi connectivity index (χ1n) is 13.9. The van der Waals surface area contributed by atoms with Gasteiger partial charge in [-0.05, 0) is 73.3 Å². The Labute approximate surface area is 215 Å². The van der Waals surface area contributed by atoms with Crippen LogP contribution in [0.15, 0.2) is 54.7 Å². The van der Waals surface area contributed by atoms with Crippen LogP contribution in [0.4, 0.5) is 11.6 Å². The highest BCUT2D eigenvalue weighted by molar-refractivity contribution is 5.53. The van der Waals surface area contributed by atoms with Crippen LogP contribution in [-0.2, 0) is 18.4 Å². The van der Waals surface area contributed by atoms with Gasteiger partial charge in [-0.15, -0.1) is 0 Å². The Kier molecular flexibility index (Phi) is 5.32. The molecular weight excluding hydrogens is 442 g/mol. The van der Waals surface area contributed by atoms with Gasteiger partial charge in [-0.25, -0.2) is 9.97 Å². The Hall–Kier alpha value is -2.92. The molecule has 186 valence electrons. The molecule has 4 heterocycles. The minimum absolute atomic E-state index is 0.200. The van der Waals surface area contributed by atoms with Crippen molar-refractivity contribution in [2.24, 2.45) is 5.41 Å². The van der Waals surface area contributed by atoms with E-state index in [0.717, 1.165) is 38.5 Å². The van der Waals surface area contributed by atoms with Crippen LogP contribution in [0.25, 0.3) is 0 Å². The highest BCUT2D eigenvalue weighted by atomic mass is 15.3. The maximum atomic E-state index is 5.09. The number of anilines is 2. The first-order valence-corrected chi connectivity index (χ1v) is 13.9. The van der Waals surface area contributed by atoms with E-state index in [9.17, 15) is 0 Å². The second kappa shape index (κ2) is 8.58. The van der Waals surface area contributed by atoms with Gasteiger partial charge in [0.05, 0.1) is 12.2 Å². The number of nitrogens with zero attached hydrogens (tertiary/aromatic N) is 4. The maximum absolute atomic E-state index is 5.09. The summed E-state index contributed by atoms with van der Waals surface area (Å²) in [6.07, 6.45) is 9.43. The van der Waals surface area contributed by atoms with Crippen molar-refractivity contribution in [3.63, 3.8) is 0 Å². The predicted molar refractivity (Wildman–Crippen MR) is 146 cm³/mol. The molecule has 3 aromatic rings. The van der Waals surface area contributed by atoms with E-state index in [0.29, 0.717) is 5.41 Å². The van der Waals surface area contributed by atoms with Crippen LogP contribution in [-0.4, -0.2) is 42.7 Å². The fourth-order valence-corrected chi connectivity index (χ4v) is 6.82. The summed E-state index contributed by atoms with van der Waals surface area (Å²) in [5.74, 6) is 0.929. The van der Waals surface area contributed by atoms with Gasteiger partial charge in [-0.3, -0.25) is 0 Å². The zero-order chi connectivity index (χ0) is 24.2. The van der Waals surface area contributed by atoms with E-state index in [1.165, 1.54) is 78.8 Å². The third kappa shape index (κ3) is 3.71. The molecular formula is C31H37N5. The van der Waals surface area contributed by atoms with Crippen molar-refractivity contribution in [3.05, 3.63) is 82.7 Å². The number of aryl methyl sites for hydroxylation is 1. The van der Waals surface area contributed by atoms with Crippen molar-refractivity contribution in [3.8, 4) is 0 Å². The predicted octanol–water partition coefficient (Wildman–Crippen LogP) is 5.01. The van der Waals surface area contributed by atoms with Crippen molar-refractivity contribution in [2.45, 2.75) is 57.4 Å². The summed E-state index contributed by atoms with van der Waals surface area (Å²) in [5.41, 5.74) is 8.85. The van der Waals surface area contributed by atoms with Gasteiger partial charge < -0.3 is 15.1 Å². The van der Waals surface area contributed by atoms with E-state index in [1.807, 2.05) is 0 Å². The van der Waals surface area contributed by atoms with E-state index < -0.39 is 0 Å². The lowest BCUT2D eigenvalue weighted by Gasteiger charge is -2.48. The molecule has 2 aromatic carbocycles. The molecule has 36 heavy (non-hydrogen) atoms. The molecule has 0 unspecified atom stereocenters. The molecule has 0 bridgehead atoms. The smallest absolute Gasteiger partial charge is 0.225 e. The van der Waals surface area contributed by atoms with Crippen molar-refractivity contribution in [1.82, 2.24) is 15.3 Å². The van der Waals surface area contributed by atoms with Crippen LogP contribution in [0.1, 0.15) is 60.1 Å². The second-order valence-electron chi connectivity index (χ2n) is 11.8. The Bertz CT molecular complexity index is 1230. The standard InChI is InChI=1S/C31H37N5/c1-23-3-5-25(6-4-23)31(12-2-13-31)26-7-9-27(10-8-26)36-16-11-24-19-33-29(34-28(24)20-36)35-17-14-30(15-18-35)21-32-22-30/h3-10,19,32H,2,11-18,20-22H2,1H3. The molecule has 0 radical (unpaired) electrons. The van der Waals surface area contributed by atoms with E-state index in [4.69, 9.17) is 9.97 Å². The van der Waals surface area contributed by atoms with Crippen LogP contribution in [0.2, 0.25) is 0 Å². The van der Waals surface area contributed by atoms with Crippen molar-refractivity contribution < 1.29 is 0 Å². The van der Waals surface area contributed by atoms with Gasteiger partial charge in [0.1, 0.15) is 0 Å². The van der Waals surface area contributed by atoms with Crippen LogP contribution in [0.3, 0.4) is 0 Å². The van der Waals surface area contributed by atoms with E-state index >= 15 is 0 Å². The first kappa shape index (κ1) is 22.3. The number of fused-ring (bicyclic) bond motifs is 1. The first-order chi connectivity index (χ1) is 17.6. The monoisotopic (exact) mass is 479 g/mol. The normalized spacial score (nSPS) is 22.0. The number of benzene rings is 2. The summed E-state index contributed by atoms with van der Waals surface area (Å²) in [4.78, 5) is 14.8. The van der Waals surface area contributed by atoms with Crippen LogP contribution in [0.5, 0.6) is 0 Å². The largest absolute Gasteiger partial charge is 0.365 e. The highest BCUT2D eigenvalue weighted by Crippen LogP contribution is 2.49. The van der Waals surface area contributed by atoms with Gasteiger partial charge in [0, 0.05) is 50.0 Å². The average molecular weight is 480 g/mol. The zero-order valence-corrected chi connectivity index (χ0v) is 21.5. The molecule has 4 aliphatic rings. The average Bonchev–Trinajstić information content (AvgIpc) is 2.88. The lowest BCUT2D eigenvalue weighted by atomic mass is 9.60. The van der Waals surface area contributed by atoms with Gasteiger partial charge in [-0.2, -0.15) is 0 Å². The highest BCUT2D eigenvalue weighted by Gasteiger charge is 2.41. The van der Waals surface area contributed by atoms with Crippen LogP contribution in [0, 0.1) is 12.3 Å². The third-order valence-corrected chi connectivity index (χ3v) is 9.64. The molecule has 1 spiro atoms. The second-order valence-corrected chi connectivity index (χ2v) is 11.8. The molecule has 2 saturated heterocycles. The summed E-state index contributed by atoms with van der Waals surface area (Å²) >= 11 is 0. The minimum atomic E-state index is 0.200. The van der Waals surface area contributed by atoms with Gasteiger partial charge in [0.2, 0.25) is 5.95 Å². The molecule has 3 aliphatic heterocycles. The molecule has 1 N–H and O–H groups in total. The SMILES string of the molecule is Cc1ccc(C2(c3ccc(N4CCc5cnc(N6CCC7(CC6)CNC7)nc5C4)cc3)CCC2)cc1. The Morgan fingerprint density at radius 3 is 2.11 bits per heavy atom. The van der Waals surface area contributed by atoms with Gasteiger partial charge >= 0.3 is 0 Å². The number of piperidine rings is 1. The quantitative estimate of drug-likeness (QED) is 0.570. The summed E-state index contributed by atoms with van der Waals surface area (Å²) in [7, 11) is 0. The maximum Gasteiger partial charge on any atom is 0.225 e. The lowest BCUT2D eigenvalue weighted by Crippen LogP contribution is -2.58. The molecule has 0 atom stereocenters. The van der Waals surface area contributed by atoms with Crippen LogP contribution < -0.4 is 15.1 Å². The summed E-state index contributed by atoms with van der Waals surface area (Å²) < 4.78 is 0. The zero-order valence-electron chi connectivity index (χ0n) is 21.5. The molecule has 5 nitrogen and oxygen atoms in total. The summed E-state index contributed by atoms with van der Waals surface area (Å²) in [6.45, 7) is 8.60. The summed E-state index contributed by atoms with van der Waals surface area (Å²) in [6, 6.07) is 18.7. The lowest BCUT2D eigenvalue weighted by molar-refractivity contribution is 0.126. The number of aromatic nitrogens is 2. The number of nitrogens with one attached hydrogen (secondary N) is 1. The molecule has 1 saturated carbocycles. The van der Waals surface area contributed by atoms with Crippen molar-refractivity contribution in [2.75, 3.05) is 42.5 Å². The van der Waals surface area contributed by atoms with Crippen LogP contribution >= 0.6 is 0 Å². The molecule has 5 heteroatoms. The number of hydrogen-bond acceptors (Lipinski definition) is 5. The number of rotatable bonds is 4. The van der Waals surface area contributed by atoms with Gasteiger partial charge in [0.15, 0.2) is 0 Å². The number of hydrogen-bond donors (Lipinski definition) is 1. The Balaban J connectivity index is 1.07.